The molecular weight excluding hydrogens is 441 g/mol. The van der Waals surface area contributed by atoms with Crippen molar-refractivity contribution in [2.75, 3.05) is 46.6 Å². The van der Waals surface area contributed by atoms with Crippen molar-refractivity contribution in [1.29, 1.82) is 0 Å². The van der Waals surface area contributed by atoms with Gasteiger partial charge in [0.15, 0.2) is 5.96 Å². The van der Waals surface area contributed by atoms with Crippen molar-refractivity contribution in [3.63, 3.8) is 0 Å². The van der Waals surface area contributed by atoms with E-state index >= 15 is 0 Å². The van der Waals surface area contributed by atoms with Crippen molar-refractivity contribution in [3.8, 4) is 0 Å². The van der Waals surface area contributed by atoms with E-state index in [4.69, 9.17) is 9.47 Å². The summed E-state index contributed by atoms with van der Waals surface area (Å²) in [6.07, 6.45) is 4.38. The summed E-state index contributed by atoms with van der Waals surface area (Å²) in [4.78, 5) is 6.79. The van der Waals surface area contributed by atoms with Gasteiger partial charge < -0.3 is 19.7 Å². The first-order valence-corrected chi connectivity index (χ1v) is 9.54. The molecule has 6 heteroatoms. The van der Waals surface area contributed by atoms with E-state index in [9.17, 15) is 0 Å². The van der Waals surface area contributed by atoms with Crippen LogP contribution in [0.5, 0.6) is 0 Å². The van der Waals surface area contributed by atoms with E-state index < -0.39 is 0 Å². The molecule has 146 valence electrons. The maximum absolute atomic E-state index is 5.83. The van der Waals surface area contributed by atoms with Gasteiger partial charge >= 0.3 is 0 Å². The second-order valence-corrected chi connectivity index (χ2v) is 6.90. The minimum absolute atomic E-state index is 0. The average Bonchev–Trinajstić information content (AvgIpc) is 2.68. The minimum atomic E-state index is 0. The van der Waals surface area contributed by atoms with Crippen LogP contribution in [-0.4, -0.2) is 57.4 Å². The number of guanidine groups is 1. The molecule has 0 saturated carbocycles. The Bertz CT molecular complexity index is 562. The number of aliphatic imine (C=N–C) groups is 1. The Balaban J connectivity index is 0.00000243. The van der Waals surface area contributed by atoms with E-state index in [0.29, 0.717) is 5.92 Å². The predicted molar refractivity (Wildman–Crippen MR) is 116 cm³/mol. The zero-order valence-electron chi connectivity index (χ0n) is 15.8. The van der Waals surface area contributed by atoms with Crippen LogP contribution >= 0.6 is 24.0 Å². The van der Waals surface area contributed by atoms with Gasteiger partial charge in [-0.2, -0.15) is 0 Å². The van der Waals surface area contributed by atoms with Crippen LogP contribution in [0, 0.1) is 5.92 Å². The van der Waals surface area contributed by atoms with Crippen molar-refractivity contribution in [3.05, 3.63) is 35.4 Å². The molecule has 1 aromatic rings. The van der Waals surface area contributed by atoms with Crippen molar-refractivity contribution in [1.82, 2.24) is 10.2 Å². The van der Waals surface area contributed by atoms with Crippen LogP contribution < -0.4 is 5.32 Å². The lowest BCUT2D eigenvalue weighted by molar-refractivity contribution is 0.0203. The monoisotopic (exact) mass is 473 g/mol. The zero-order chi connectivity index (χ0) is 17.3. The van der Waals surface area contributed by atoms with E-state index in [0.717, 1.165) is 77.7 Å². The molecule has 0 aromatic heterocycles. The summed E-state index contributed by atoms with van der Waals surface area (Å²) in [5.41, 5.74) is 2.88. The van der Waals surface area contributed by atoms with Crippen LogP contribution in [-0.2, 0) is 22.4 Å². The van der Waals surface area contributed by atoms with Gasteiger partial charge in [-0.15, -0.1) is 24.0 Å². The summed E-state index contributed by atoms with van der Waals surface area (Å²) >= 11 is 0. The maximum Gasteiger partial charge on any atom is 0.193 e. The molecule has 1 aromatic carbocycles. The lowest BCUT2D eigenvalue weighted by Crippen LogP contribution is -2.44. The molecule has 0 aliphatic carbocycles. The average molecular weight is 473 g/mol. The zero-order valence-corrected chi connectivity index (χ0v) is 18.1. The smallest absolute Gasteiger partial charge is 0.193 e. The van der Waals surface area contributed by atoms with Gasteiger partial charge in [0.25, 0.3) is 0 Å². The molecule has 0 unspecified atom stereocenters. The topological polar surface area (TPSA) is 46.1 Å². The molecule has 1 fully saturated rings. The lowest BCUT2D eigenvalue weighted by atomic mass is 10.0. The molecule has 2 heterocycles. The second-order valence-electron chi connectivity index (χ2n) is 6.90. The van der Waals surface area contributed by atoms with Crippen molar-refractivity contribution in [2.24, 2.45) is 10.9 Å². The highest BCUT2D eigenvalue weighted by Crippen LogP contribution is 2.18. The summed E-state index contributed by atoms with van der Waals surface area (Å²) in [6, 6.07) is 8.70. The van der Waals surface area contributed by atoms with Gasteiger partial charge in [0.1, 0.15) is 0 Å². The fourth-order valence-electron chi connectivity index (χ4n) is 3.55. The molecule has 0 radical (unpaired) electrons. The van der Waals surface area contributed by atoms with Crippen molar-refractivity contribution >= 4 is 29.9 Å². The Morgan fingerprint density at radius 2 is 2.04 bits per heavy atom. The molecule has 1 saturated heterocycles. The Labute approximate surface area is 174 Å². The Hall–Kier alpha value is -0.860. The Kier molecular flexibility index (Phi) is 9.71. The number of rotatable bonds is 6. The molecule has 2 aliphatic rings. The standard InChI is InChI=1S/C20H31N3O2.HI/c1-21-20(23-11-7-18-5-2-3-6-19(18)15-23)22-10-4-12-25-16-17-8-13-24-14-9-17;/h2-3,5-6,17H,4,7-16H2,1H3,(H,21,22);1H. The van der Waals surface area contributed by atoms with Gasteiger partial charge in [-0.25, -0.2) is 0 Å². The Morgan fingerprint density at radius 3 is 2.81 bits per heavy atom. The number of nitrogens with one attached hydrogen (secondary N) is 1. The van der Waals surface area contributed by atoms with E-state index in [-0.39, 0.29) is 24.0 Å². The molecule has 1 N–H and O–H groups in total. The molecule has 0 atom stereocenters. The van der Waals surface area contributed by atoms with Gasteiger partial charge in [0.2, 0.25) is 0 Å². The fraction of sp³-hybridized carbons (Fsp3) is 0.650. The molecule has 3 rings (SSSR count). The molecule has 0 amide bonds. The number of ether oxygens (including phenoxy) is 2. The van der Waals surface area contributed by atoms with Crippen LogP contribution in [0.15, 0.2) is 29.3 Å². The number of benzene rings is 1. The number of nitrogens with zero attached hydrogens (tertiary/aromatic N) is 2. The summed E-state index contributed by atoms with van der Waals surface area (Å²) in [7, 11) is 1.87. The normalized spacial score (nSPS) is 18.2. The van der Waals surface area contributed by atoms with E-state index in [1.54, 1.807) is 0 Å². The summed E-state index contributed by atoms with van der Waals surface area (Å²) in [5, 5.41) is 3.48. The number of hydrogen-bond acceptors (Lipinski definition) is 3. The first kappa shape index (κ1) is 21.4. The lowest BCUT2D eigenvalue weighted by Gasteiger charge is -2.31. The molecule has 0 bridgehead atoms. The second kappa shape index (κ2) is 11.8. The highest BCUT2D eigenvalue weighted by atomic mass is 127. The van der Waals surface area contributed by atoms with Crippen LogP contribution in [0.4, 0.5) is 0 Å². The highest BCUT2D eigenvalue weighted by Gasteiger charge is 2.18. The molecule has 5 nitrogen and oxygen atoms in total. The molecule has 0 spiro atoms. The van der Waals surface area contributed by atoms with E-state index in [1.165, 1.54) is 11.1 Å². The predicted octanol–water partition coefficient (Wildman–Crippen LogP) is 3.07. The van der Waals surface area contributed by atoms with E-state index in [1.807, 2.05) is 7.05 Å². The molecule has 26 heavy (non-hydrogen) atoms. The van der Waals surface area contributed by atoms with Crippen LogP contribution in [0.3, 0.4) is 0 Å². The van der Waals surface area contributed by atoms with Gasteiger partial charge in [-0.1, -0.05) is 24.3 Å². The van der Waals surface area contributed by atoms with E-state index in [2.05, 4.69) is 39.5 Å². The third-order valence-corrected chi connectivity index (χ3v) is 5.08. The minimum Gasteiger partial charge on any atom is -0.381 e. The van der Waals surface area contributed by atoms with Crippen molar-refractivity contribution < 1.29 is 9.47 Å². The largest absolute Gasteiger partial charge is 0.381 e. The van der Waals surface area contributed by atoms with Gasteiger partial charge in [-0.05, 0) is 42.7 Å². The quantitative estimate of drug-likeness (QED) is 0.299. The van der Waals surface area contributed by atoms with Crippen LogP contribution in [0.2, 0.25) is 0 Å². The number of halogens is 1. The van der Waals surface area contributed by atoms with Crippen LogP contribution in [0.25, 0.3) is 0 Å². The first-order valence-electron chi connectivity index (χ1n) is 9.54. The highest BCUT2D eigenvalue weighted by molar-refractivity contribution is 14.0. The number of hydrogen-bond donors (Lipinski definition) is 1. The van der Waals surface area contributed by atoms with Crippen molar-refractivity contribution in [2.45, 2.75) is 32.2 Å². The third kappa shape index (κ3) is 6.39. The number of fused-ring (bicyclic) bond motifs is 1. The van der Waals surface area contributed by atoms with Crippen LogP contribution in [0.1, 0.15) is 30.4 Å². The van der Waals surface area contributed by atoms with Gasteiger partial charge in [0.05, 0.1) is 0 Å². The summed E-state index contributed by atoms with van der Waals surface area (Å²) < 4.78 is 11.2. The maximum atomic E-state index is 5.83. The summed E-state index contributed by atoms with van der Waals surface area (Å²) in [6.45, 7) is 6.34. The Morgan fingerprint density at radius 1 is 1.27 bits per heavy atom. The summed E-state index contributed by atoms with van der Waals surface area (Å²) in [5.74, 6) is 1.68. The fourth-order valence-corrected chi connectivity index (χ4v) is 3.55. The first-order chi connectivity index (χ1) is 12.4. The SMILES string of the molecule is CN=C(NCCCOCC1CCOCC1)N1CCc2ccccc2C1.I. The molecule has 2 aliphatic heterocycles. The van der Waals surface area contributed by atoms with Gasteiger partial charge in [0, 0.05) is 53.1 Å². The molecular formula is C20H32IN3O2. The third-order valence-electron chi connectivity index (χ3n) is 5.08. The van der Waals surface area contributed by atoms with Gasteiger partial charge in [-0.3, -0.25) is 4.99 Å².